The van der Waals surface area contributed by atoms with E-state index >= 15 is 0 Å². The maximum Gasteiger partial charge on any atom is 0.162 e. The number of hydrogen-bond donors (Lipinski definition) is 0. The largest absolute Gasteiger partial charge is 0.204 e. The molecule has 0 radical (unpaired) electrons. The van der Waals surface area contributed by atoms with Crippen molar-refractivity contribution < 1.29 is 8.78 Å². The van der Waals surface area contributed by atoms with E-state index in [1.807, 2.05) is 23.6 Å². The molecule has 1 aromatic heterocycles. The van der Waals surface area contributed by atoms with Gasteiger partial charge >= 0.3 is 0 Å². The second-order valence-corrected chi connectivity index (χ2v) is 6.95. The third kappa shape index (κ3) is 2.85. The molecule has 0 nitrogen and oxygen atoms in total. The number of thiophene rings is 1. The highest BCUT2D eigenvalue weighted by Crippen LogP contribution is 2.38. The zero-order valence-electron chi connectivity index (χ0n) is 10.7. The number of alkyl halides is 1. The van der Waals surface area contributed by atoms with Crippen LogP contribution in [0, 0.1) is 11.6 Å². The van der Waals surface area contributed by atoms with Gasteiger partial charge in [-0.25, -0.2) is 8.78 Å². The standard InChI is InChI=1S/C16H10BrClF2S/c17-12-5-2-4-10-11(8-21-16(10)12)13(18)7-9-3-1-6-14(19)15(9)20/h1-6,8,13H,7H2. The molecule has 2 aromatic carbocycles. The monoisotopic (exact) mass is 386 g/mol. The Kier molecular flexibility index (Phi) is 4.29. The van der Waals surface area contributed by atoms with Crippen LogP contribution in [0.1, 0.15) is 16.5 Å². The first kappa shape index (κ1) is 14.9. The van der Waals surface area contributed by atoms with Crippen LogP contribution in [0.5, 0.6) is 0 Å². The summed E-state index contributed by atoms with van der Waals surface area (Å²) in [5.74, 6) is -1.65. The fourth-order valence-electron chi connectivity index (χ4n) is 2.29. The second-order valence-electron chi connectivity index (χ2n) is 4.69. The van der Waals surface area contributed by atoms with Gasteiger partial charge in [-0.1, -0.05) is 24.3 Å². The van der Waals surface area contributed by atoms with Crippen LogP contribution in [-0.4, -0.2) is 0 Å². The van der Waals surface area contributed by atoms with Gasteiger partial charge in [-0.2, -0.15) is 0 Å². The fourth-order valence-corrected chi connectivity index (χ4v) is 4.39. The average molecular weight is 388 g/mol. The van der Waals surface area contributed by atoms with Crippen molar-refractivity contribution in [3.63, 3.8) is 0 Å². The topological polar surface area (TPSA) is 0 Å². The number of halogens is 4. The maximum absolute atomic E-state index is 13.7. The molecular weight excluding hydrogens is 378 g/mol. The van der Waals surface area contributed by atoms with Crippen LogP contribution < -0.4 is 0 Å². The van der Waals surface area contributed by atoms with Crippen molar-refractivity contribution in [2.24, 2.45) is 0 Å². The van der Waals surface area contributed by atoms with E-state index in [1.165, 1.54) is 6.07 Å². The zero-order valence-corrected chi connectivity index (χ0v) is 13.9. The third-order valence-electron chi connectivity index (χ3n) is 3.35. The molecule has 0 saturated carbocycles. The van der Waals surface area contributed by atoms with Crippen molar-refractivity contribution in [1.82, 2.24) is 0 Å². The van der Waals surface area contributed by atoms with Gasteiger partial charge < -0.3 is 0 Å². The summed E-state index contributed by atoms with van der Waals surface area (Å²) in [5.41, 5.74) is 1.24. The quantitative estimate of drug-likeness (QED) is 0.452. The van der Waals surface area contributed by atoms with Crippen molar-refractivity contribution >= 4 is 49.0 Å². The number of hydrogen-bond acceptors (Lipinski definition) is 1. The minimum atomic E-state index is -0.839. The Morgan fingerprint density at radius 3 is 2.71 bits per heavy atom. The summed E-state index contributed by atoms with van der Waals surface area (Å²) in [7, 11) is 0. The van der Waals surface area contributed by atoms with E-state index in [-0.39, 0.29) is 6.42 Å². The van der Waals surface area contributed by atoms with Crippen LogP contribution >= 0.6 is 38.9 Å². The van der Waals surface area contributed by atoms with Crippen LogP contribution in [0.15, 0.2) is 46.3 Å². The molecule has 1 atom stereocenters. The van der Waals surface area contributed by atoms with Crippen molar-refractivity contribution in [3.8, 4) is 0 Å². The van der Waals surface area contributed by atoms with Gasteiger partial charge in [-0.3, -0.25) is 0 Å². The van der Waals surface area contributed by atoms with E-state index < -0.39 is 17.0 Å². The number of rotatable bonds is 3. The minimum Gasteiger partial charge on any atom is -0.204 e. The highest BCUT2D eigenvalue weighted by atomic mass is 79.9. The predicted octanol–water partition coefficient (Wildman–Crippen LogP) is 6.46. The van der Waals surface area contributed by atoms with Crippen molar-refractivity contribution in [2.75, 3.05) is 0 Å². The molecule has 21 heavy (non-hydrogen) atoms. The molecule has 3 aromatic rings. The fraction of sp³-hybridized carbons (Fsp3) is 0.125. The Hall–Kier alpha value is -0.970. The lowest BCUT2D eigenvalue weighted by molar-refractivity contribution is 0.498. The normalized spacial score (nSPS) is 12.8. The van der Waals surface area contributed by atoms with Gasteiger partial charge in [0.2, 0.25) is 0 Å². The molecule has 0 aliphatic heterocycles. The van der Waals surface area contributed by atoms with Gasteiger partial charge in [0.15, 0.2) is 11.6 Å². The molecule has 0 fully saturated rings. The van der Waals surface area contributed by atoms with Gasteiger partial charge in [0.25, 0.3) is 0 Å². The molecule has 1 heterocycles. The number of fused-ring (bicyclic) bond motifs is 1. The molecule has 108 valence electrons. The first-order valence-corrected chi connectivity index (χ1v) is 8.41. The van der Waals surface area contributed by atoms with Crippen LogP contribution in [0.2, 0.25) is 0 Å². The van der Waals surface area contributed by atoms with Gasteiger partial charge in [-0.15, -0.1) is 22.9 Å². The first-order chi connectivity index (χ1) is 10.1. The lowest BCUT2D eigenvalue weighted by Crippen LogP contribution is -1.99. The van der Waals surface area contributed by atoms with Crippen molar-refractivity contribution in [3.05, 3.63) is 69.0 Å². The summed E-state index contributed by atoms with van der Waals surface area (Å²) in [4.78, 5) is 0. The molecule has 0 amide bonds. The molecule has 0 aliphatic rings. The Balaban J connectivity index is 1.96. The van der Waals surface area contributed by atoms with Crippen LogP contribution in [0.3, 0.4) is 0 Å². The summed E-state index contributed by atoms with van der Waals surface area (Å²) in [6.45, 7) is 0. The Bertz CT molecular complexity index is 800. The van der Waals surface area contributed by atoms with E-state index in [9.17, 15) is 8.78 Å². The van der Waals surface area contributed by atoms with E-state index in [2.05, 4.69) is 15.9 Å². The van der Waals surface area contributed by atoms with Crippen molar-refractivity contribution in [2.45, 2.75) is 11.8 Å². The molecule has 3 rings (SSSR count). The molecule has 1 unspecified atom stereocenters. The lowest BCUT2D eigenvalue weighted by atomic mass is 10.0. The summed E-state index contributed by atoms with van der Waals surface area (Å²) in [6, 6.07) is 10.1. The smallest absolute Gasteiger partial charge is 0.162 e. The SMILES string of the molecule is Fc1cccc(CC(Cl)c2csc3c(Br)cccc23)c1F. The first-order valence-electron chi connectivity index (χ1n) is 6.30. The molecule has 0 bridgehead atoms. The molecule has 0 saturated heterocycles. The highest BCUT2D eigenvalue weighted by Gasteiger charge is 2.18. The minimum absolute atomic E-state index is 0.253. The molecule has 5 heteroatoms. The second kappa shape index (κ2) is 6.03. The predicted molar refractivity (Wildman–Crippen MR) is 88.2 cm³/mol. The van der Waals surface area contributed by atoms with Gasteiger partial charge in [0.1, 0.15) is 0 Å². The maximum atomic E-state index is 13.7. The van der Waals surface area contributed by atoms with Crippen LogP contribution in [-0.2, 0) is 6.42 Å². The summed E-state index contributed by atoms with van der Waals surface area (Å²) < 4.78 is 29.1. The summed E-state index contributed by atoms with van der Waals surface area (Å²) in [6.07, 6.45) is 0.253. The molecular formula is C16H10BrClF2S. The van der Waals surface area contributed by atoms with E-state index in [0.717, 1.165) is 26.2 Å². The van der Waals surface area contributed by atoms with E-state index in [1.54, 1.807) is 17.4 Å². The van der Waals surface area contributed by atoms with E-state index in [0.29, 0.717) is 5.56 Å². The zero-order chi connectivity index (χ0) is 15.0. The van der Waals surface area contributed by atoms with E-state index in [4.69, 9.17) is 11.6 Å². The summed E-state index contributed by atoms with van der Waals surface area (Å²) in [5, 5.41) is 2.63. The van der Waals surface area contributed by atoms with Crippen LogP contribution in [0.25, 0.3) is 10.1 Å². The molecule has 0 N–H and O–H groups in total. The Morgan fingerprint density at radius 2 is 1.90 bits per heavy atom. The Labute approximate surface area is 138 Å². The van der Waals surface area contributed by atoms with Gasteiger partial charge in [0, 0.05) is 9.17 Å². The van der Waals surface area contributed by atoms with Crippen molar-refractivity contribution in [1.29, 1.82) is 0 Å². The number of benzene rings is 2. The third-order valence-corrected chi connectivity index (χ3v) is 5.71. The average Bonchev–Trinajstić information content (AvgIpc) is 2.89. The molecule has 0 aliphatic carbocycles. The summed E-state index contributed by atoms with van der Waals surface area (Å²) >= 11 is 11.5. The molecule has 0 spiro atoms. The Morgan fingerprint density at radius 1 is 1.14 bits per heavy atom. The van der Waals surface area contributed by atoms with Gasteiger partial charge in [-0.05, 0) is 56.4 Å². The highest BCUT2D eigenvalue weighted by molar-refractivity contribution is 9.10. The lowest BCUT2D eigenvalue weighted by Gasteiger charge is -2.10. The van der Waals surface area contributed by atoms with Gasteiger partial charge in [0.05, 0.1) is 5.38 Å². The van der Waals surface area contributed by atoms with Crippen LogP contribution in [0.4, 0.5) is 8.78 Å².